The van der Waals surface area contributed by atoms with Crippen molar-refractivity contribution in [3.8, 4) is 5.75 Å². The van der Waals surface area contributed by atoms with Crippen molar-refractivity contribution in [3.05, 3.63) is 53.2 Å². The summed E-state index contributed by atoms with van der Waals surface area (Å²) in [5.74, 6) is 0.284. The number of benzene rings is 1. The zero-order chi connectivity index (χ0) is 13.1. The number of halogens is 1. The molecule has 0 radical (unpaired) electrons. The molecule has 2 aromatic rings. The summed E-state index contributed by atoms with van der Waals surface area (Å²) in [5, 5.41) is 10.0. The van der Waals surface area contributed by atoms with Crippen LogP contribution in [-0.4, -0.2) is 12.2 Å². The normalized spacial score (nSPS) is 12.4. The van der Waals surface area contributed by atoms with Gasteiger partial charge < -0.3 is 14.3 Å². The van der Waals surface area contributed by atoms with Crippen LogP contribution in [0.1, 0.15) is 23.0 Å². The number of ether oxygens (including phenoxy) is 1. The van der Waals surface area contributed by atoms with Crippen LogP contribution < -0.4 is 4.74 Å². The fraction of sp³-hybridized carbons (Fsp3) is 0.286. The summed E-state index contributed by atoms with van der Waals surface area (Å²) in [6, 6.07) is 6.42. The van der Waals surface area contributed by atoms with Gasteiger partial charge in [-0.25, -0.2) is 4.39 Å². The van der Waals surface area contributed by atoms with E-state index in [0.717, 1.165) is 5.56 Å². The van der Waals surface area contributed by atoms with Crippen LogP contribution in [0.25, 0.3) is 0 Å². The number of rotatable bonds is 4. The van der Waals surface area contributed by atoms with E-state index in [1.165, 1.54) is 19.4 Å². The van der Waals surface area contributed by atoms with Gasteiger partial charge in [-0.15, -0.1) is 0 Å². The summed E-state index contributed by atoms with van der Waals surface area (Å²) in [6.45, 7) is 1.86. The zero-order valence-corrected chi connectivity index (χ0v) is 10.3. The van der Waals surface area contributed by atoms with Gasteiger partial charge in [0.05, 0.1) is 13.4 Å². The molecule has 0 spiro atoms. The molecule has 18 heavy (non-hydrogen) atoms. The molecule has 3 nitrogen and oxygen atoms in total. The third-order valence-electron chi connectivity index (χ3n) is 2.85. The molecule has 0 saturated heterocycles. The number of furan rings is 1. The quantitative estimate of drug-likeness (QED) is 0.907. The average Bonchev–Trinajstić information content (AvgIpc) is 2.76. The Balaban J connectivity index is 2.15. The molecule has 1 N–H and O–H groups in total. The summed E-state index contributed by atoms with van der Waals surface area (Å²) in [5.41, 5.74) is 1.58. The maximum absolute atomic E-state index is 13.5. The van der Waals surface area contributed by atoms with Crippen molar-refractivity contribution >= 4 is 0 Å². The zero-order valence-electron chi connectivity index (χ0n) is 10.3. The molecule has 1 aromatic carbocycles. The Morgan fingerprint density at radius 3 is 2.72 bits per heavy atom. The highest BCUT2D eigenvalue weighted by molar-refractivity contribution is 5.30. The van der Waals surface area contributed by atoms with Crippen molar-refractivity contribution in [1.82, 2.24) is 0 Å². The first-order chi connectivity index (χ1) is 8.61. The molecule has 0 aliphatic carbocycles. The number of hydrogen-bond acceptors (Lipinski definition) is 3. The number of methoxy groups -OCH3 is 1. The molecule has 0 fully saturated rings. The average molecular weight is 250 g/mol. The number of aryl methyl sites for hydroxylation is 1. The standard InChI is InChI=1S/C14H15FO3/c1-9-5-6-18-14(9)12(16)8-10-3-4-13(17-2)11(15)7-10/h3-7,12,16H,8H2,1-2H3. The summed E-state index contributed by atoms with van der Waals surface area (Å²) >= 11 is 0. The third kappa shape index (κ3) is 2.54. The molecular formula is C14H15FO3. The monoisotopic (exact) mass is 250 g/mol. The largest absolute Gasteiger partial charge is 0.494 e. The molecule has 1 unspecified atom stereocenters. The second-order valence-corrected chi connectivity index (χ2v) is 4.16. The molecular weight excluding hydrogens is 235 g/mol. The van der Waals surface area contributed by atoms with Gasteiger partial charge in [-0.3, -0.25) is 0 Å². The molecule has 96 valence electrons. The lowest BCUT2D eigenvalue weighted by Gasteiger charge is -2.10. The Morgan fingerprint density at radius 2 is 2.17 bits per heavy atom. The summed E-state index contributed by atoms with van der Waals surface area (Å²) in [7, 11) is 1.42. The minimum atomic E-state index is -0.771. The van der Waals surface area contributed by atoms with Gasteiger partial charge in [0.1, 0.15) is 11.9 Å². The van der Waals surface area contributed by atoms with Gasteiger partial charge in [-0.1, -0.05) is 6.07 Å². The van der Waals surface area contributed by atoms with Crippen LogP contribution in [0.5, 0.6) is 5.75 Å². The summed E-state index contributed by atoms with van der Waals surface area (Å²) in [6.07, 6.45) is 1.06. The van der Waals surface area contributed by atoms with Crippen LogP contribution in [0.15, 0.2) is 34.9 Å². The van der Waals surface area contributed by atoms with Crippen molar-refractivity contribution in [3.63, 3.8) is 0 Å². The molecule has 4 heteroatoms. The van der Waals surface area contributed by atoms with E-state index in [0.29, 0.717) is 17.7 Å². The van der Waals surface area contributed by atoms with E-state index in [1.54, 1.807) is 18.2 Å². The molecule has 0 aliphatic heterocycles. The predicted octanol–water partition coefficient (Wildman–Crippen LogP) is 3.01. The molecule has 0 bridgehead atoms. The van der Waals surface area contributed by atoms with E-state index in [2.05, 4.69) is 0 Å². The topological polar surface area (TPSA) is 42.6 Å². The number of aliphatic hydroxyl groups excluding tert-OH is 1. The Hall–Kier alpha value is -1.81. The van der Waals surface area contributed by atoms with Gasteiger partial charge in [0.25, 0.3) is 0 Å². The summed E-state index contributed by atoms with van der Waals surface area (Å²) in [4.78, 5) is 0. The lowest BCUT2D eigenvalue weighted by Crippen LogP contribution is -2.02. The van der Waals surface area contributed by atoms with Gasteiger partial charge in [0.2, 0.25) is 0 Å². The number of hydrogen-bond donors (Lipinski definition) is 1. The first kappa shape index (κ1) is 12.6. The van der Waals surface area contributed by atoms with Crippen LogP contribution >= 0.6 is 0 Å². The van der Waals surface area contributed by atoms with E-state index in [9.17, 15) is 9.50 Å². The molecule has 1 heterocycles. The van der Waals surface area contributed by atoms with Crippen LogP contribution in [0.3, 0.4) is 0 Å². The predicted molar refractivity (Wildman–Crippen MR) is 65.1 cm³/mol. The first-order valence-corrected chi connectivity index (χ1v) is 5.66. The van der Waals surface area contributed by atoms with Gasteiger partial charge >= 0.3 is 0 Å². The van der Waals surface area contributed by atoms with E-state index >= 15 is 0 Å². The molecule has 0 saturated carbocycles. The summed E-state index contributed by atoms with van der Waals surface area (Å²) < 4.78 is 23.5. The van der Waals surface area contributed by atoms with E-state index in [1.807, 2.05) is 6.92 Å². The molecule has 0 aliphatic rings. The Bertz CT molecular complexity index is 534. The highest BCUT2D eigenvalue weighted by Crippen LogP contribution is 2.24. The minimum absolute atomic E-state index is 0.197. The lowest BCUT2D eigenvalue weighted by atomic mass is 10.0. The van der Waals surface area contributed by atoms with Gasteiger partial charge in [-0.2, -0.15) is 0 Å². The van der Waals surface area contributed by atoms with Crippen molar-refractivity contribution in [2.75, 3.05) is 7.11 Å². The van der Waals surface area contributed by atoms with Gasteiger partial charge in [0.15, 0.2) is 11.6 Å². The molecule has 2 rings (SSSR count). The van der Waals surface area contributed by atoms with Crippen molar-refractivity contribution in [2.45, 2.75) is 19.4 Å². The second kappa shape index (κ2) is 5.23. The SMILES string of the molecule is COc1ccc(CC(O)c2occc2C)cc1F. The Kier molecular flexibility index (Phi) is 3.67. The van der Waals surface area contributed by atoms with Gasteiger partial charge in [0, 0.05) is 6.42 Å². The van der Waals surface area contributed by atoms with Crippen LogP contribution in [0.2, 0.25) is 0 Å². The van der Waals surface area contributed by atoms with Crippen molar-refractivity contribution < 1.29 is 18.7 Å². The molecule has 0 amide bonds. The van der Waals surface area contributed by atoms with E-state index < -0.39 is 11.9 Å². The van der Waals surface area contributed by atoms with Crippen LogP contribution in [0, 0.1) is 12.7 Å². The smallest absolute Gasteiger partial charge is 0.165 e. The maximum atomic E-state index is 13.5. The maximum Gasteiger partial charge on any atom is 0.165 e. The lowest BCUT2D eigenvalue weighted by molar-refractivity contribution is 0.149. The van der Waals surface area contributed by atoms with E-state index in [4.69, 9.17) is 9.15 Å². The minimum Gasteiger partial charge on any atom is -0.494 e. The van der Waals surface area contributed by atoms with Crippen molar-refractivity contribution in [1.29, 1.82) is 0 Å². The second-order valence-electron chi connectivity index (χ2n) is 4.16. The van der Waals surface area contributed by atoms with Crippen LogP contribution in [0.4, 0.5) is 4.39 Å². The first-order valence-electron chi connectivity index (χ1n) is 5.66. The Morgan fingerprint density at radius 1 is 1.39 bits per heavy atom. The molecule has 1 aromatic heterocycles. The van der Waals surface area contributed by atoms with Gasteiger partial charge in [-0.05, 0) is 36.2 Å². The fourth-order valence-electron chi connectivity index (χ4n) is 1.88. The third-order valence-corrected chi connectivity index (χ3v) is 2.85. The fourth-order valence-corrected chi connectivity index (χ4v) is 1.88. The highest BCUT2D eigenvalue weighted by atomic mass is 19.1. The van der Waals surface area contributed by atoms with E-state index in [-0.39, 0.29) is 5.75 Å². The van der Waals surface area contributed by atoms with Crippen molar-refractivity contribution in [2.24, 2.45) is 0 Å². The van der Waals surface area contributed by atoms with Crippen LogP contribution in [-0.2, 0) is 6.42 Å². The number of aliphatic hydroxyl groups is 1. The molecule has 1 atom stereocenters. The Labute approximate surface area is 105 Å². The highest BCUT2D eigenvalue weighted by Gasteiger charge is 2.15.